The van der Waals surface area contributed by atoms with Crippen LogP contribution in [0, 0.1) is 26.7 Å². The fraction of sp³-hybridized carbons (Fsp3) is 0.429. The molecule has 0 radical (unpaired) electrons. The van der Waals surface area contributed by atoms with Crippen LogP contribution in [0.2, 0.25) is 0 Å². The minimum Gasteiger partial charge on any atom is -0.352 e. The molecule has 0 saturated carbocycles. The van der Waals surface area contributed by atoms with Gasteiger partial charge in [-0.2, -0.15) is 4.31 Å². The van der Waals surface area contributed by atoms with Crippen LogP contribution in [0.3, 0.4) is 0 Å². The van der Waals surface area contributed by atoms with Crippen LogP contribution in [0.5, 0.6) is 0 Å². The first kappa shape index (κ1) is 20.5. The average Bonchev–Trinajstić information content (AvgIpc) is 2.66. The van der Waals surface area contributed by atoms with Gasteiger partial charge in [-0.25, -0.2) is 8.42 Å². The van der Waals surface area contributed by atoms with Crippen molar-refractivity contribution in [2.75, 3.05) is 13.1 Å². The molecule has 1 atom stereocenters. The average molecular weight is 402 g/mol. The minimum atomic E-state index is -3.63. The van der Waals surface area contributed by atoms with E-state index in [-0.39, 0.29) is 18.4 Å². The molecule has 1 amide bonds. The van der Waals surface area contributed by atoms with Crippen molar-refractivity contribution < 1.29 is 13.2 Å². The number of amides is 1. The molecule has 28 heavy (non-hydrogen) atoms. The lowest BCUT2D eigenvalue weighted by Gasteiger charge is -2.32. The highest BCUT2D eigenvalue weighted by Gasteiger charge is 2.34. The zero-order valence-corrected chi connectivity index (χ0v) is 17.4. The number of carbonyl (C=O) groups is 1. The predicted molar refractivity (Wildman–Crippen MR) is 108 cm³/mol. The summed E-state index contributed by atoms with van der Waals surface area (Å²) in [6.45, 7) is 6.70. The molecule has 1 fully saturated rings. The van der Waals surface area contributed by atoms with Crippen LogP contribution in [-0.2, 0) is 21.4 Å². The fourth-order valence-corrected chi connectivity index (χ4v) is 5.85. The number of rotatable bonds is 5. The van der Waals surface area contributed by atoms with Crippen molar-refractivity contribution in [2.45, 2.75) is 45.1 Å². The van der Waals surface area contributed by atoms with Gasteiger partial charge in [0.15, 0.2) is 0 Å². The predicted octanol–water partition coefficient (Wildman–Crippen LogP) is 2.72. The van der Waals surface area contributed by atoms with E-state index in [1.54, 1.807) is 12.4 Å². The van der Waals surface area contributed by atoms with Gasteiger partial charge < -0.3 is 5.32 Å². The molecule has 0 unspecified atom stereocenters. The van der Waals surface area contributed by atoms with Gasteiger partial charge in [-0.3, -0.25) is 9.78 Å². The molecular formula is C21H27N3O3S. The summed E-state index contributed by atoms with van der Waals surface area (Å²) in [5.41, 5.74) is 3.51. The highest BCUT2D eigenvalue weighted by Crippen LogP contribution is 2.29. The highest BCUT2D eigenvalue weighted by atomic mass is 32.2. The first-order valence-corrected chi connectivity index (χ1v) is 11.0. The normalized spacial score (nSPS) is 18.0. The second-order valence-corrected chi connectivity index (χ2v) is 9.38. The van der Waals surface area contributed by atoms with Crippen LogP contribution >= 0.6 is 0 Å². The third-order valence-electron chi connectivity index (χ3n) is 5.17. The lowest BCUT2D eigenvalue weighted by atomic mass is 9.99. The molecule has 2 aromatic rings. The highest BCUT2D eigenvalue weighted by molar-refractivity contribution is 7.89. The van der Waals surface area contributed by atoms with Crippen LogP contribution in [0.15, 0.2) is 41.6 Å². The first-order chi connectivity index (χ1) is 13.3. The molecule has 1 aromatic carbocycles. The Morgan fingerprint density at radius 3 is 2.46 bits per heavy atom. The van der Waals surface area contributed by atoms with E-state index in [2.05, 4.69) is 10.3 Å². The van der Waals surface area contributed by atoms with E-state index in [0.29, 0.717) is 30.8 Å². The number of sulfonamides is 1. The fourth-order valence-electron chi connectivity index (χ4n) is 3.91. The third kappa shape index (κ3) is 4.42. The van der Waals surface area contributed by atoms with Gasteiger partial charge in [0.25, 0.3) is 0 Å². The maximum absolute atomic E-state index is 13.3. The summed E-state index contributed by atoms with van der Waals surface area (Å²) in [6.07, 6.45) is 4.74. The Morgan fingerprint density at radius 1 is 1.18 bits per heavy atom. The summed E-state index contributed by atoms with van der Waals surface area (Å²) in [5, 5.41) is 2.92. The van der Waals surface area contributed by atoms with Crippen molar-refractivity contribution >= 4 is 15.9 Å². The van der Waals surface area contributed by atoms with Crippen LogP contribution in [-0.4, -0.2) is 36.7 Å². The van der Waals surface area contributed by atoms with E-state index < -0.39 is 10.0 Å². The number of pyridine rings is 1. The standard InChI is InChI=1S/C21H27N3O3S/c1-15-11-16(2)20(17(3)12-15)28(26,27)24-10-4-5-19(14-24)21(25)23-13-18-6-8-22-9-7-18/h6-9,11-12,19H,4-5,10,13-14H2,1-3H3,(H,23,25)/t19-/m0/s1. The first-order valence-electron chi connectivity index (χ1n) is 9.53. The van der Waals surface area contributed by atoms with Gasteiger partial charge in [0.2, 0.25) is 15.9 Å². The maximum Gasteiger partial charge on any atom is 0.243 e. The third-order valence-corrected chi connectivity index (χ3v) is 7.34. The van der Waals surface area contributed by atoms with Gasteiger partial charge in [-0.15, -0.1) is 0 Å². The molecule has 3 rings (SSSR count). The summed E-state index contributed by atoms with van der Waals surface area (Å²) in [5.74, 6) is -0.439. The second kappa shape index (κ2) is 8.41. The van der Waals surface area contributed by atoms with Crippen molar-refractivity contribution in [2.24, 2.45) is 5.92 Å². The molecule has 1 N–H and O–H groups in total. The zero-order chi connectivity index (χ0) is 20.3. The maximum atomic E-state index is 13.3. The van der Waals surface area contributed by atoms with Gasteiger partial charge in [0.1, 0.15) is 0 Å². The van der Waals surface area contributed by atoms with Crippen LogP contribution in [0.25, 0.3) is 0 Å². The van der Waals surface area contributed by atoms with Crippen molar-refractivity contribution in [3.05, 3.63) is 58.9 Å². The Hall–Kier alpha value is -2.25. The van der Waals surface area contributed by atoms with E-state index >= 15 is 0 Å². The van der Waals surface area contributed by atoms with E-state index in [9.17, 15) is 13.2 Å². The Kier molecular flexibility index (Phi) is 6.15. The number of hydrogen-bond donors (Lipinski definition) is 1. The number of aromatic nitrogens is 1. The molecular weight excluding hydrogens is 374 g/mol. The quantitative estimate of drug-likeness (QED) is 0.835. The van der Waals surface area contributed by atoms with E-state index in [0.717, 1.165) is 22.3 Å². The van der Waals surface area contributed by atoms with E-state index in [1.165, 1.54) is 4.31 Å². The molecule has 0 spiro atoms. The summed E-state index contributed by atoms with van der Waals surface area (Å²) >= 11 is 0. The lowest BCUT2D eigenvalue weighted by Crippen LogP contribution is -2.45. The largest absolute Gasteiger partial charge is 0.352 e. The molecule has 0 bridgehead atoms. The molecule has 0 aliphatic carbocycles. The molecule has 2 heterocycles. The minimum absolute atomic E-state index is 0.103. The van der Waals surface area contributed by atoms with Crippen molar-refractivity contribution in [3.63, 3.8) is 0 Å². The van der Waals surface area contributed by atoms with Crippen LogP contribution in [0.1, 0.15) is 35.1 Å². The Labute approximate surface area is 167 Å². The van der Waals surface area contributed by atoms with Crippen LogP contribution in [0.4, 0.5) is 0 Å². The van der Waals surface area contributed by atoms with Crippen LogP contribution < -0.4 is 5.32 Å². The number of benzene rings is 1. The van der Waals surface area contributed by atoms with E-state index in [1.807, 2.05) is 45.0 Å². The molecule has 6 nitrogen and oxygen atoms in total. The zero-order valence-electron chi connectivity index (χ0n) is 16.6. The Morgan fingerprint density at radius 2 is 1.82 bits per heavy atom. The summed E-state index contributed by atoms with van der Waals surface area (Å²) in [6, 6.07) is 7.48. The summed E-state index contributed by atoms with van der Waals surface area (Å²) < 4.78 is 28.0. The second-order valence-electron chi connectivity index (χ2n) is 7.50. The van der Waals surface area contributed by atoms with E-state index in [4.69, 9.17) is 0 Å². The molecule has 7 heteroatoms. The number of nitrogens with one attached hydrogen (secondary N) is 1. The van der Waals surface area contributed by atoms with Gasteiger partial charge in [-0.1, -0.05) is 17.7 Å². The Balaban J connectivity index is 1.73. The number of aryl methyl sites for hydroxylation is 3. The Bertz CT molecular complexity index is 935. The SMILES string of the molecule is Cc1cc(C)c(S(=O)(=O)N2CCC[C@H](C(=O)NCc3ccncc3)C2)c(C)c1. The van der Waals surface area contributed by atoms with Gasteiger partial charge in [-0.05, 0) is 62.4 Å². The number of nitrogens with zero attached hydrogens (tertiary/aromatic N) is 2. The van der Waals surface area contributed by atoms with Crippen molar-refractivity contribution in [3.8, 4) is 0 Å². The lowest BCUT2D eigenvalue weighted by molar-refractivity contribution is -0.126. The van der Waals surface area contributed by atoms with Crippen molar-refractivity contribution in [1.29, 1.82) is 0 Å². The summed E-state index contributed by atoms with van der Waals surface area (Å²) in [7, 11) is -3.63. The summed E-state index contributed by atoms with van der Waals surface area (Å²) in [4.78, 5) is 16.9. The smallest absolute Gasteiger partial charge is 0.243 e. The van der Waals surface area contributed by atoms with Gasteiger partial charge in [0, 0.05) is 32.0 Å². The molecule has 1 saturated heterocycles. The molecule has 150 valence electrons. The molecule has 1 aromatic heterocycles. The van der Waals surface area contributed by atoms with Gasteiger partial charge >= 0.3 is 0 Å². The monoisotopic (exact) mass is 401 g/mol. The van der Waals surface area contributed by atoms with Gasteiger partial charge in [0.05, 0.1) is 10.8 Å². The van der Waals surface area contributed by atoms with Crippen molar-refractivity contribution in [1.82, 2.24) is 14.6 Å². The number of piperidine rings is 1. The topological polar surface area (TPSA) is 79.4 Å². The molecule has 1 aliphatic rings. The molecule has 1 aliphatic heterocycles. The number of hydrogen-bond acceptors (Lipinski definition) is 4. The number of carbonyl (C=O) groups excluding carboxylic acids is 1.